The Labute approximate surface area is 134 Å². The van der Waals surface area contributed by atoms with E-state index in [0.29, 0.717) is 5.69 Å². The van der Waals surface area contributed by atoms with Crippen LogP contribution in [0.5, 0.6) is 0 Å². The average molecular weight is 317 g/mol. The first kappa shape index (κ1) is 16.1. The second-order valence-corrected chi connectivity index (χ2v) is 6.66. The molecule has 23 heavy (non-hydrogen) atoms. The van der Waals surface area contributed by atoms with E-state index in [1.54, 1.807) is 24.4 Å². The molecule has 6 heteroatoms. The Bertz CT molecular complexity index is 719. The summed E-state index contributed by atoms with van der Waals surface area (Å²) in [7, 11) is -0.886. The van der Waals surface area contributed by atoms with Crippen LogP contribution in [0.2, 0.25) is 0 Å². The summed E-state index contributed by atoms with van der Waals surface area (Å²) in [4.78, 5) is 4.12. The van der Waals surface area contributed by atoms with Gasteiger partial charge in [-0.1, -0.05) is 6.07 Å². The lowest BCUT2D eigenvalue weighted by Crippen LogP contribution is -2.41. The quantitative estimate of drug-likeness (QED) is 0.796. The zero-order valence-corrected chi connectivity index (χ0v) is 13.6. The molecule has 1 fully saturated rings. The van der Waals surface area contributed by atoms with Gasteiger partial charge in [0, 0.05) is 23.3 Å². The summed E-state index contributed by atoms with van der Waals surface area (Å²) in [6.07, 6.45) is 1.56. The van der Waals surface area contributed by atoms with E-state index < -0.39 is 30.0 Å². The first-order valence-corrected chi connectivity index (χ1v) is 7.47. The van der Waals surface area contributed by atoms with Crippen LogP contribution in [0, 0.1) is 11.6 Å². The van der Waals surface area contributed by atoms with E-state index >= 15 is 0 Å². The van der Waals surface area contributed by atoms with Crippen LogP contribution < -0.4 is 5.46 Å². The molecule has 0 amide bonds. The van der Waals surface area contributed by atoms with E-state index in [0.717, 1.165) is 6.07 Å². The van der Waals surface area contributed by atoms with Gasteiger partial charge in [-0.3, -0.25) is 4.98 Å². The van der Waals surface area contributed by atoms with Crippen molar-refractivity contribution in [3.05, 3.63) is 48.2 Å². The van der Waals surface area contributed by atoms with Gasteiger partial charge in [0.2, 0.25) is 0 Å². The summed E-state index contributed by atoms with van der Waals surface area (Å²) in [6, 6.07) is 7.42. The average Bonchev–Trinajstić information content (AvgIpc) is 2.68. The van der Waals surface area contributed by atoms with Crippen LogP contribution in [0.15, 0.2) is 36.5 Å². The molecular weight excluding hydrogens is 299 g/mol. The lowest BCUT2D eigenvalue weighted by Gasteiger charge is -2.32. The van der Waals surface area contributed by atoms with Crippen molar-refractivity contribution >= 4 is 12.6 Å². The Morgan fingerprint density at radius 3 is 2.17 bits per heavy atom. The molecule has 1 aliphatic rings. The molecule has 0 unspecified atom stereocenters. The van der Waals surface area contributed by atoms with Crippen molar-refractivity contribution in [2.45, 2.75) is 38.9 Å². The standard InChI is InChI=1S/C17H18BF2NO2/c1-16(2)17(3,4)23-18(22-16)12-9-11(13(19)10-14(12)20)15-7-5-6-8-21-15/h5-10H,1-4H3. The Morgan fingerprint density at radius 1 is 0.957 bits per heavy atom. The van der Waals surface area contributed by atoms with Gasteiger partial charge in [-0.25, -0.2) is 8.78 Å². The molecule has 2 aromatic rings. The zero-order chi connectivity index (χ0) is 16.8. The Hall–Kier alpha value is -1.79. The number of pyridine rings is 1. The monoisotopic (exact) mass is 317 g/mol. The van der Waals surface area contributed by atoms with Crippen LogP contribution >= 0.6 is 0 Å². The summed E-state index contributed by atoms with van der Waals surface area (Å²) in [5, 5.41) is 0. The van der Waals surface area contributed by atoms with Crippen LogP contribution in [0.25, 0.3) is 11.3 Å². The van der Waals surface area contributed by atoms with Crippen molar-refractivity contribution in [1.29, 1.82) is 0 Å². The number of hydrogen-bond donors (Lipinski definition) is 0. The molecule has 120 valence electrons. The largest absolute Gasteiger partial charge is 0.497 e. The molecule has 2 heterocycles. The van der Waals surface area contributed by atoms with E-state index in [4.69, 9.17) is 9.31 Å². The molecule has 3 nitrogen and oxygen atoms in total. The van der Waals surface area contributed by atoms with Crippen LogP contribution in [0.4, 0.5) is 8.78 Å². The number of hydrogen-bond acceptors (Lipinski definition) is 3. The Kier molecular flexibility index (Phi) is 3.77. The molecule has 0 N–H and O–H groups in total. The van der Waals surface area contributed by atoms with Crippen LogP contribution in [-0.4, -0.2) is 23.3 Å². The molecule has 1 aliphatic heterocycles. The number of halogens is 2. The first-order chi connectivity index (χ1) is 10.7. The van der Waals surface area contributed by atoms with Gasteiger partial charge in [-0.15, -0.1) is 0 Å². The fourth-order valence-electron chi connectivity index (χ4n) is 2.43. The van der Waals surface area contributed by atoms with Crippen molar-refractivity contribution in [1.82, 2.24) is 4.98 Å². The Morgan fingerprint density at radius 2 is 1.61 bits per heavy atom. The normalized spacial score (nSPS) is 19.1. The third-order valence-corrected chi connectivity index (χ3v) is 4.53. The van der Waals surface area contributed by atoms with E-state index in [1.165, 1.54) is 6.07 Å². The van der Waals surface area contributed by atoms with E-state index in [9.17, 15) is 8.78 Å². The Balaban J connectivity index is 2.05. The second kappa shape index (κ2) is 5.39. The number of rotatable bonds is 2. The summed E-state index contributed by atoms with van der Waals surface area (Å²) >= 11 is 0. The van der Waals surface area contributed by atoms with Crippen LogP contribution in [0.1, 0.15) is 27.7 Å². The summed E-state index contributed by atoms with van der Waals surface area (Å²) in [5.41, 5.74) is -0.363. The summed E-state index contributed by atoms with van der Waals surface area (Å²) in [6.45, 7) is 7.53. The zero-order valence-electron chi connectivity index (χ0n) is 13.6. The topological polar surface area (TPSA) is 31.4 Å². The number of benzene rings is 1. The smallest absolute Gasteiger partial charge is 0.399 e. The third-order valence-electron chi connectivity index (χ3n) is 4.53. The fourth-order valence-corrected chi connectivity index (χ4v) is 2.43. The third kappa shape index (κ3) is 2.77. The highest BCUT2D eigenvalue weighted by molar-refractivity contribution is 6.62. The van der Waals surface area contributed by atoms with Gasteiger partial charge in [0.15, 0.2) is 0 Å². The minimum absolute atomic E-state index is 0.172. The van der Waals surface area contributed by atoms with Crippen molar-refractivity contribution in [2.24, 2.45) is 0 Å². The predicted molar refractivity (Wildman–Crippen MR) is 85.3 cm³/mol. The lowest BCUT2D eigenvalue weighted by atomic mass is 9.77. The maximum atomic E-state index is 14.3. The SMILES string of the molecule is CC1(C)OB(c2cc(-c3ccccn3)c(F)cc2F)OC1(C)C. The van der Waals surface area contributed by atoms with Crippen LogP contribution in [-0.2, 0) is 9.31 Å². The molecule has 0 spiro atoms. The predicted octanol–water partition coefficient (Wildman–Crippen LogP) is 3.33. The minimum Gasteiger partial charge on any atom is -0.399 e. The van der Waals surface area contributed by atoms with Gasteiger partial charge in [0.1, 0.15) is 11.6 Å². The van der Waals surface area contributed by atoms with Crippen molar-refractivity contribution in [2.75, 3.05) is 0 Å². The highest BCUT2D eigenvalue weighted by atomic mass is 19.1. The number of nitrogens with zero attached hydrogens (tertiary/aromatic N) is 1. The fraction of sp³-hybridized carbons (Fsp3) is 0.353. The molecule has 1 saturated heterocycles. The van der Waals surface area contributed by atoms with Crippen molar-refractivity contribution in [3.8, 4) is 11.3 Å². The molecular formula is C17H18BF2NO2. The van der Waals surface area contributed by atoms with Gasteiger partial charge < -0.3 is 9.31 Å². The molecule has 0 bridgehead atoms. The van der Waals surface area contributed by atoms with E-state index in [2.05, 4.69) is 4.98 Å². The van der Waals surface area contributed by atoms with Gasteiger partial charge in [-0.2, -0.15) is 0 Å². The van der Waals surface area contributed by atoms with Gasteiger partial charge in [-0.05, 0) is 45.9 Å². The van der Waals surface area contributed by atoms with Gasteiger partial charge in [0.05, 0.1) is 16.9 Å². The van der Waals surface area contributed by atoms with E-state index in [1.807, 2.05) is 27.7 Å². The minimum atomic E-state index is -0.886. The van der Waals surface area contributed by atoms with Crippen LogP contribution in [0.3, 0.4) is 0 Å². The van der Waals surface area contributed by atoms with Gasteiger partial charge >= 0.3 is 7.12 Å². The van der Waals surface area contributed by atoms with Crippen molar-refractivity contribution < 1.29 is 18.1 Å². The highest BCUT2D eigenvalue weighted by Gasteiger charge is 2.52. The molecule has 1 aromatic carbocycles. The molecule has 0 atom stereocenters. The lowest BCUT2D eigenvalue weighted by molar-refractivity contribution is 0.00578. The highest BCUT2D eigenvalue weighted by Crippen LogP contribution is 2.37. The number of aromatic nitrogens is 1. The molecule has 0 aliphatic carbocycles. The summed E-state index contributed by atoms with van der Waals surface area (Å²) in [5.74, 6) is -1.36. The summed E-state index contributed by atoms with van der Waals surface area (Å²) < 4.78 is 40.1. The molecule has 3 rings (SSSR count). The first-order valence-electron chi connectivity index (χ1n) is 7.47. The maximum Gasteiger partial charge on any atom is 0.497 e. The second-order valence-electron chi connectivity index (χ2n) is 6.66. The molecule has 0 saturated carbocycles. The van der Waals surface area contributed by atoms with Crippen molar-refractivity contribution in [3.63, 3.8) is 0 Å². The maximum absolute atomic E-state index is 14.3. The molecule has 0 radical (unpaired) electrons. The van der Waals surface area contributed by atoms with Gasteiger partial charge in [0.25, 0.3) is 0 Å². The molecule has 1 aromatic heterocycles. The van der Waals surface area contributed by atoms with E-state index in [-0.39, 0.29) is 11.0 Å².